The number of ether oxygens (including phenoxy) is 1. The largest absolute Gasteiger partial charge is 0.481 e. The fourth-order valence-corrected chi connectivity index (χ4v) is 1.69. The number of anilines is 2. The van der Waals surface area contributed by atoms with E-state index in [2.05, 4.69) is 4.74 Å². The number of hydrogen-bond donors (Lipinski definition) is 2. The number of nitrogens with two attached hydrogens (primary N) is 1. The molecule has 0 aliphatic heterocycles. The zero-order valence-corrected chi connectivity index (χ0v) is 10.8. The molecular formula is C13H18N2O4. The Morgan fingerprint density at radius 1 is 1.26 bits per heavy atom. The van der Waals surface area contributed by atoms with E-state index in [1.54, 1.807) is 23.1 Å². The van der Waals surface area contributed by atoms with Gasteiger partial charge in [0.15, 0.2) is 0 Å². The predicted octanol–water partition coefficient (Wildman–Crippen LogP) is 1.11. The van der Waals surface area contributed by atoms with E-state index >= 15 is 0 Å². The third kappa shape index (κ3) is 4.87. The fourth-order valence-electron chi connectivity index (χ4n) is 1.69. The van der Waals surface area contributed by atoms with Crippen molar-refractivity contribution in [3.8, 4) is 0 Å². The van der Waals surface area contributed by atoms with Crippen LogP contribution in [-0.4, -0.2) is 37.2 Å². The maximum absolute atomic E-state index is 11.2. The van der Waals surface area contributed by atoms with E-state index in [1.165, 1.54) is 7.11 Å². The molecule has 0 atom stereocenters. The third-order valence-electron chi connectivity index (χ3n) is 2.69. The number of esters is 1. The first-order valence-electron chi connectivity index (χ1n) is 5.92. The van der Waals surface area contributed by atoms with E-state index in [4.69, 9.17) is 10.8 Å². The highest BCUT2D eigenvalue weighted by atomic mass is 16.5. The molecule has 0 fully saturated rings. The molecule has 0 radical (unpaired) electrons. The van der Waals surface area contributed by atoms with Gasteiger partial charge >= 0.3 is 11.9 Å². The number of nitrogen functional groups attached to an aromatic ring is 1. The van der Waals surface area contributed by atoms with Crippen molar-refractivity contribution in [2.24, 2.45) is 0 Å². The van der Waals surface area contributed by atoms with E-state index < -0.39 is 5.97 Å². The number of hydrogen-bond acceptors (Lipinski definition) is 5. The number of carbonyl (C=O) groups is 2. The second-order valence-corrected chi connectivity index (χ2v) is 4.02. The van der Waals surface area contributed by atoms with E-state index in [1.807, 2.05) is 6.07 Å². The summed E-state index contributed by atoms with van der Waals surface area (Å²) in [5, 5.41) is 8.75. The highest BCUT2D eigenvalue weighted by Gasteiger charge is 2.13. The van der Waals surface area contributed by atoms with Gasteiger partial charge in [0.2, 0.25) is 0 Å². The molecule has 6 heteroatoms. The highest BCUT2D eigenvalue weighted by Crippen LogP contribution is 2.22. The average Bonchev–Trinajstić information content (AvgIpc) is 2.39. The molecule has 19 heavy (non-hydrogen) atoms. The lowest BCUT2D eigenvalue weighted by Crippen LogP contribution is -2.29. The number of carbonyl (C=O) groups excluding carboxylic acids is 1. The number of para-hydroxylation sites is 2. The first-order chi connectivity index (χ1) is 9.04. The SMILES string of the molecule is COC(=O)CCN(CCC(=O)O)c1ccccc1N. The van der Waals surface area contributed by atoms with Gasteiger partial charge in [-0.2, -0.15) is 0 Å². The molecule has 104 valence electrons. The summed E-state index contributed by atoms with van der Waals surface area (Å²) in [7, 11) is 1.32. The van der Waals surface area contributed by atoms with Gasteiger partial charge < -0.3 is 20.5 Å². The van der Waals surface area contributed by atoms with Crippen molar-refractivity contribution in [1.82, 2.24) is 0 Å². The molecule has 0 aromatic heterocycles. The summed E-state index contributed by atoms with van der Waals surface area (Å²) in [6.45, 7) is 0.661. The van der Waals surface area contributed by atoms with Crippen LogP contribution < -0.4 is 10.6 Å². The lowest BCUT2D eigenvalue weighted by Gasteiger charge is -2.25. The van der Waals surface area contributed by atoms with Crippen LogP contribution in [0.5, 0.6) is 0 Å². The monoisotopic (exact) mass is 266 g/mol. The molecule has 0 aliphatic rings. The van der Waals surface area contributed by atoms with Crippen molar-refractivity contribution in [3.63, 3.8) is 0 Å². The molecule has 0 unspecified atom stereocenters. The van der Waals surface area contributed by atoms with Crippen LogP contribution in [0, 0.1) is 0 Å². The Morgan fingerprint density at radius 2 is 1.89 bits per heavy atom. The standard InChI is InChI=1S/C13H18N2O4/c1-19-13(18)7-9-15(8-6-12(16)17)11-5-3-2-4-10(11)14/h2-5H,6-9,14H2,1H3,(H,16,17). The van der Waals surface area contributed by atoms with Crippen LogP contribution >= 0.6 is 0 Å². The second kappa shape index (κ2) is 7.25. The van der Waals surface area contributed by atoms with Gasteiger partial charge in [0.1, 0.15) is 0 Å². The van der Waals surface area contributed by atoms with Gasteiger partial charge in [0.25, 0.3) is 0 Å². The van der Waals surface area contributed by atoms with Crippen LogP contribution in [-0.2, 0) is 14.3 Å². The van der Waals surface area contributed by atoms with Crippen molar-refractivity contribution in [3.05, 3.63) is 24.3 Å². The van der Waals surface area contributed by atoms with Gasteiger partial charge in [0.05, 0.1) is 31.3 Å². The zero-order valence-electron chi connectivity index (χ0n) is 10.8. The van der Waals surface area contributed by atoms with E-state index in [9.17, 15) is 9.59 Å². The van der Waals surface area contributed by atoms with Gasteiger partial charge in [0, 0.05) is 13.1 Å². The van der Waals surface area contributed by atoms with Crippen molar-refractivity contribution in [2.45, 2.75) is 12.8 Å². The maximum atomic E-state index is 11.2. The van der Waals surface area contributed by atoms with Crippen molar-refractivity contribution >= 4 is 23.3 Å². The molecule has 0 saturated heterocycles. The van der Waals surface area contributed by atoms with Gasteiger partial charge in [-0.3, -0.25) is 9.59 Å². The first kappa shape index (κ1) is 14.8. The number of benzene rings is 1. The smallest absolute Gasteiger partial charge is 0.307 e. The predicted molar refractivity (Wildman–Crippen MR) is 72.0 cm³/mol. The number of rotatable bonds is 7. The summed E-state index contributed by atoms with van der Waals surface area (Å²) in [5.41, 5.74) is 7.14. The topological polar surface area (TPSA) is 92.9 Å². The zero-order chi connectivity index (χ0) is 14.3. The summed E-state index contributed by atoms with van der Waals surface area (Å²) in [6, 6.07) is 7.15. The summed E-state index contributed by atoms with van der Waals surface area (Å²) < 4.78 is 4.58. The van der Waals surface area contributed by atoms with Gasteiger partial charge in [-0.05, 0) is 12.1 Å². The minimum absolute atomic E-state index is 0.0183. The molecule has 1 aromatic rings. The number of methoxy groups -OCH3 is 1. The number of carboxylic acids is 1. The van der Waals surface area contributed by atoms with E-state index in [-0.39, 0.29) is 18.8 Å². The van der Waals surface area contributed by atoms with Gasteiger partial charge in [-0.15, -0.1) is 0 Å². The number of carboxylic acid groups (broad SMARTS) is 1. The van der Waals surface area contributed by atoms with Crippen molar-refractivity contribution < 1.29 is 19.4 Å². The quantitative estimate of drug-likeness (QED) is 0.567. The molecular weight excluding hydrogens is 248 g/mol. The summed E-state index contributed by atoms with van der Waals surface area (Å²) in [5.74, 6) is -1.23. The summed E-state index contributed by atoms with van der Waals surface area (Å²) in [6.07, 6.45) is 0.167. The molecule has 0 heterocycles. The van der Waals surface area contributed by atoms with E-state index in [0.29, 0.717) is 18.8 Å². The van der Waals surface area contributed by atoms with Crippen LogP contribution in [0.15, 0.2) is 24.3 Å². The number of nitrogens with zero attached hydrogens (tertiary/aromatic N) is 1. The number of aliphatic carboxylic acids is 1. The van der Waals surface area contributed by atoms with Crippen molar-refractivity contribution in [1.29, 1.82) is 0 Å². The Hall–Kier alpha value is -2.24. The minimum Gasteiger partial charge on any atom is -0.481 e. The van der Waals surface area contributed by atoms with Gasteiger partial charge in [-0.25, -0.2) is 0 Å². The second-order valence-electron chi connectivity index (χ2n) is 4.02. The first-order valence-corrected chi connectivity index (χ1v) is 5.92. The van der Waals surface area contributed by atoms with Crippen LogP contribution in [0.2, 0.25) is 0 Å². The molecule has 0 spiro atoms. The Bertz CT molecular complexity index is 448. The molecule has 6 nitrogen and oxygen atoms in total. The highest BCUT2D eigenvalue weighted by molar-refractivity contribution is 5.73. The summed E-state index contributed by atoms with van der Waals surface area (Å²) in [4.78, 5) is 23.6. The van der Waals surface area contributed by atoms with Crippen LogP contribution in [0.3, 0.4) is 0 Å². The Morgan fingerprint density at radius 3 is 2.47 bits per heavy atom. The fraction of sp³-hybridized carbons (Fsp3) is 0.385. The lowest BCUT2D eigenvalue weighted by molar-refractivity contribution is -0.140. The molecule has 0 amide bonds. The minimum atomic E-state index is -0.891. The molecule has 3 N–H and O–H groups in total. The molecule has 1 rings (SSSR count). The Labute approximate surface area is 111 Å². The molecule has 0 aliphatic carbocycles. The van der Waals surface area contributed by atoms with Crippen molar-refractivity contribution in [2.75, 3.05) is 30.8 Å². The summed E-state index contributed by atoms with van der Waals surface area (Å²) >= 11 is 0. The van der Waals surface area contributed by atoms with Crippen LogP contribution in [0.4, 0.5) is 11.4 Å². The molecule has 0 saturated carbocycles. The normalized spacial score (nSPS) is 9.95. The lowest BCUT2D eigenvalue weighted by atomic mass is 10.2. The average molecular weight is 266 g/mol. The van der Waals surface area contributed by atoms with Crippen LogP contribution in [0.25, 0.3) is 0 Å². The third-order valence-corrected chi connectivity index (χ3v) is 2.69. The molecule has 0 bridgehead atoms. The van der Waals surface area contributed by atoms with E-state index in [0.717, 1.165) is 5.69 Å². The Kier molecular flexibility index (Phi) is 5.66. The van der Waals surface area contributed by atoms with Crippen LogP contribution in [0.1, 0.15) is 12.8 Å². The maximum Gasteiger partial charge on any atom is 0.307 e. The van der Waals surface area contributed by atoms with Gasteiger partial charge in [-0.1, -0.05) is 12.1 Å². The Balaban J connectivity index is 2.76. The molecule has 1 aromatic carbocycles.